The lowest BCUT2D eigenvalue weighted by Crippen LogP contribution is -2.16. The minimum absolute atomic E-state index is 0.767. The van der Waals surface area contributed by atoms with Crippen molar-refractivity contribution in [2.45, 2.75) is 26.8 Å². The number of hydrogen-bond donors (Lipinski definition) is 1. The largest absolute Gasteiger partial charge is 0.311 e. The summed E-state index contributed by atoms with van der Waals surface area (Å²) in [4.78, 5) is 5.59. The standard InChI is InChI=1S/C11H17N3S/c1-9(2)3-4-12-7-10-8-14-5-6-15-11(14)13-10/h5-6,8-9,12H,3-4,7H2,1-2H3. The molecular weight excluding hydrogens is 206 g/mol. The van der Waals surface area contributed by atoms with Gasteiger partial charge >= 0.3 is 0 Å². The molecular formula is C11H17N3S. The average molecular weight is 223 g/mol. The Morgan fingerprint density at radius 1 is 1.53 bits per heavy atom. The van der Waals surface area contributed by atoms with Crippen molar-refractivity contribution < 1.29 is 0 Å². The van der Waals surface area contributed by atoms with Crippen molar-refractivity contribution in [1.82, 2.24) is 14.7 Å². The molecule has 0 aromatic carbocycles. The van der Waals surface area contributed by atoms with Crippen LogP contribution in [0.5, 0.6) is 0 Å². The molecule has 82 valence electrons. The second-order valence-electron chi connectivity index (χ2n) is 4.18. The molecule has 0 unspecified atom stereocenters. The fourth-order valence-corrected chi connectivity index (χ4v) is 2.19. The summed E-state index contributed by atoms with van der Waals surface area (Å²) in [6, 6.07) is 0. The molecule has 2 aromatic rings. The fourth-order valence-electron chi connectivity index (χ4n) is 1.47. The predicted molar refractivity (Wildman–Crippen MR) is 64.2 cm³/mol. The minimum Gasteiger partial charge on any atom is -0.311 e. The van der Waals surface area contributed by atoms with Gasteiger partial charge in [0.2, 0.25) is 0 Å². The van der Waals surface area contributed by atoms with Crippen LogP contribution in [0, 0.1) is 5.92 Å². The summed E-state index contributed by atoms with van der Waals surface area (Å²) >= 11 is 1.68. The molecule has 0 spiro atoms. The third-order valence-electron chi connectivity index (χ3n) is 2.35. The van der Waals surface area contributed by atoms with E-state index in [9.17, 15) is 0 Å². The van der Waals surface area contributed by atoms with Crippen LogP contribution >= 0.6 is 11.3 Å². The van der Waals surface area contributed by atoms with Gasteiger partial charge in [0.1, 0.15) is 0 Å². The van der Waals surface area contributed by atoms with E-state index in [2.05, 4.69) is 40.1 Å². The van der Waals surface area contributed by atoms with Gasteiger partial charge in [0.15, 0.2) is 4.96 Å². The molecule has 0 atom stereocenters. The van der Waals surface area contributed by atoms with Crippen molar-refractivity contribution in [2.75, 3.05) is 6.54 Å². The van der Waals surface area contributed by atoms with Gasteiger partial charge in [-0.2, -0.15) is 0 Å². The Hall–Kier alpha value is -0.870. The third-order valence-corrected chi connectivity index (χ3v) is 3.12. The minimum atomic E-state index is 0.767. The van der Waals surface area contributed by atoms with E-state index in [1.165, 1.54) is 6.42 Å². The number of imidazole rings is 1. The zero-order valence-corrected chi connectivity index (χ0v) is 10.0. The number of aromatic nitrogens is 2. The van der Waals surface area contributed by atoms with Gasteiger partial charge in [0.05, 0.1) is 5.69 Å². The van der Waals surface area contributed by atoms with E-state index in [1.54, 1.807) is 11.3 Å². The predicted octanol–water partition coefficient (Wildman–Crippen LogP) is 2.53. The Morgan fingerprint density at radius 2 is 2.40 bits per heavy atom. The number of hydrogen-bond acceptors (Lipinski definition) is 3. The van der Waals surface area contributed by atoms with Crippen LogP contribution in [-0.4, -0.2) is 15.9 Å². The highest BCUT2D eigenvalue weighted by atomic mass is 32.1. The number of nitrogens with one attached hydrogen (secondary N) is 1. The molecule has 0 bridgehead atoms. The molecule has 0 amide bonds. The van der Waals surface area contributed by atoms with Gasteiger partial charge in [0, 0.05) is 24.3 Å². The molecule has 15 heavy (non-hydrogen) atoms. The molecule has 0 aliphatic heterocycles. The highest BCUT2D eigenvalue weighted by Gasteiger charge is 2.01. The zero-order valence-electron chi connectivity index (χ0n) is 9.23. The van der Waals surface area contributed by atoms with E-state index in [0.717, 1.165) is 29.7 Å². The van der Waals surface area contributed by atoms with Gasteiger partial charge in [-0.1, -0.05) is 13.8 Å². The van der Waals surface area contributed by atoms with Gasteiger partial charge in [-0.3, -0.25) is 4.40 Å². The van der Waals surface area contributed by atoms with Gasteiger partial charge < -0.3 is 5.32 Å². The molecule has 2 aromatic heterocycles. The highest BCUT2D eigenvalue weighted by Crippen LogP contribution is 2.11. The van der Waals surface area contributed by atoms with Crippen molar-refractivity contribution in [3.05, 3.63) is 23.5 Å². The van der Waals surface area contributed by atoms with Gasteiger partial charge in [-0.25, -0.2) is 4.98 Å². The smallest absolute Gasteiger partial charge is 0.193 e. The molecule has 2 rings (SSSR count). The maximum absolute atomic E-state index is 4.51. The van der Waals surface area contributed by atoms with E-state index in [-0.39, 0.29) is 0 Å². The molecule has 0 fully saturated rings. The first kappa shape index (κ1) is 10.6. The second kappa shape index (κ2) is 4.77. The van der Waals surface area contributed by atoms with Crippen LogP contribution in [-0.2, 0) is 6.54 Å². The Labute approximate surface area is 94.1 Å². The average Bonchev–Trinajstić information content (AvgIpc) is 2.71. The topological polar surface area (TPSA) is 29.3 Å². The van der Waals surface area contributed by atoms with Gasteiger partial charge in [-0.05, 0) is 18.9 Å². The lowest BCUT2D eigenvalue weighted by Gasteiger charge is -2.04. The fraction of sp³-hybridized carbons (Fsp3) is 0.545. The maximum atomic E-state index is 4.51. The van der Waals surface area contributed by atoms with Crippen LogP contribution in [0.2, 0.25) is 0 Å². The molecule has 0 aliphatic carbocycles. The quantitative estimate of drug-likeness (QED) is 0.789. The van der Waals surface area contributed by atoms with Crippen LogP contribution in [0.4, 0.5) is 0 Å². The Morgan fingerprint density at radius 3 is 3.13 bits per heavy atom. The molecule has 2 heterocycles. The highest BCUT2D eigenvalue weighted by molar-refractivity contribution is 7.15. The molecule has 3 nitrogen and oxygen atoms in total. The number of thiazole rings is 1. The third kappa shape index (κ3) is 2.79. The first-order chi connectivity index (χ1) is 7.25. The van der Waals surface area contributed by atoms with E-state index in [4.69, 9.17) is 0 Å². The number of nitrogens with zero attached hydrogens (tertiary/aromatic N) is 2. The SMILES string of the molecule is CC(C)CCNCc1cn2ccsc2n1. The first-order valence-corrected chi connectivity index (χ1v) is 6.25. The van der Waals surface area contributed by atoms with Crippen molar-refractivity contribution >= 4 is 16.3 Å². The molecule has 0 aliphatic rings. The number of fused-ring (bicyclic) bond motifs is 1. The van der Waals surface area contributed by atoms with E-state index in [0.29, 0.717) is 0 Å². The second-order valence-corrected chi connectivity index (χ2v) is 5.06. The Kier molecular flexibility index (Phi) is 3.38. The Balaban J connectivity index is 1.82. The van der Waals surface area contributed by atoms with Crippen LogP contribution < -0.4 is 5.32 Å². The number of rotatable bonds is 5. The van der Waals surface area contributed by atoms with Crippen LogP contribution in [0.1, 0.15) is 26.0 Å². The summed E-state index contributed by atoms with van der Waals surface area (Å²) in [5, 5.41) is 5.47. The van der Waals surface area contributed by atoms with Crippen molar-refractivity contribution in [3.63, 3.8) is 0 Å². The van der Waals surface area contributed by atoms with E-state index < -0.39 is 0 Å². The van der Waals surface area contributed by atoms with Crippen LogP contribution in [0.3, 0.4) is 0 Å². The summed E-state index contributed by atoms with van der Waals surface area (Å²) < 4.78 is 2.07. The lowest BCUT2D eigenvalue weighted by atomic mass is 10.1. The van der Waals surface area contributed by atoms with E-state index >= 15 is 0 Å². The lowest BCUT2D eigenvalue weighted by molar-refractivity contribution is 0.535. The summed E-state index contributed by atoms with van der Waals surface area (Å²) in [6.45, 7) is 6.44. The summed E-state index contributed by atoms with van der Waals surface area (Å²) in [5.41, 5.74) is 1.13. The van der Waals surface area contributed by atoms with E-state index in [1.807, 2.05) is 6.20 Å². The summed E-state index contributed by atoms with van der Waals surface area (Å²) in [7, 11) is 0. The molecule has 1 N–H and O–H groups in total. The van der Waals surface area contributed by atoms with Crippen molar-refractivity contribution in [1.29, 1.82) is 0 Å². The monoisotopic (exact) mass is 223 g/mol. The zero-order chi connectivity index (χ0) is 10.7. The van der Waals surface area contributed by atoms with Crippen LogP contribution in [0.25, 0.3) is 4.96 Å². The van der Waals surface area contributed by atoms with Crippen molar-refractivity contribution in [2.24, 2.45) is 5.92 Å². The first-order valence-electron chi connectivity index (χ1n) is 5.37. The molecule has 4 heteroatoms. The maximum Gasteiger partial charge on any atom is 0.193 e. The van der Waals surface area contributed by atoms with Crippen LogP contribution in [0.15, 0.2) is 17.8 Å². The molecule has 0 saturated heterocycles. The normalized spacial score (nSPS) is 11.7. The molecule has 0 radical (unpaired) electrons. The summed E-state index contributed by atoms with van der Waals surface area (Å²) in [5.74, 6) is 0.767. The van der Waals surface area contributed by atoms with Gasteiger partial charge in [0.25, 0.3) is 0 Å². The summed E-state index contributed by atoms with van der Waals surface area (Å²) in [6.07, 6.45) is 5.36. The van der Waals surface area contributed by atoms with Crippen molar-refractivity contribution in [3.8, 4) is 0 Å². The Bertz CT molecular complexity index is 388. The molecule has 0 saturated carbocycles. The van der Waals surface area contributed by atoms with Gasteiger partial charge in [-0.15, -0.1) is 11.3 Å².